The quantitative estimate of drug-likeness (QED) is 0.454. The molecule has 2 aromatic heterocycles. The number of aliphatic hydroxyl groups excluding tert-OH is 1. The highest BCUT2D eigenvalue weighted by atomic mass is 19.1. The van der Waals surface area contributed by atoms with Gasteiger partial charge in [-0.25, -0.2) is 8.91 Å². The first-order valence-electron chi connectivity index (χ1n) is 9.75. The van der Waals surface area contributed by atoms with E-state index in [0.29, 0.717) is 22.5 Å². The molecule has 4 rings (SSSR count). The van der Waals surface area contributed by atoms with Gasteiger partial charge in [-0.1, -0.05) is 12.1 Å². The van der Waals surface area contributed by atoms with E-state index in [2.05, 4.69) is 10.4 Å². The molecule has 0 fully saturated rings. The summed E-state index contributed by atoms with van der Waals surface area (Å²) in [5.74, 6) is -0.997. The highest BCUT2D eigenvalue weighted by molar-refractivity contribution is 5.97. The van der Waals surface area contributed by atoms with E-state index in [1.807, 2.05) is 0 Å². The molecular weight excluding hydrogens is 415 g/mol. The summed E-state index contributed by atoms with van der Waals surface area (Å²) in [4.78, 5) is 37.1. The molecule has 0 aliphatic carbocycles. The topological polar surface area (TPSA) is 106 Å². The summed E-state index contributed by atoms with van der Waals surface area (Å²) in [6.07, 6.45) is 2.93. The summed E-state index contributed by atoms with van der Waals surface area (Å²) < 4.78 is 15.8. The number of amides is 1. The lowest BCUT2D eigenvalue weighted by atomic mass is 10.1. The molecule has 0 spiro atoms. The molecule has 0 aliphatic heterocycles. The number of fused-ring (bicyclic) bond motifs is 1. The highest BCUT2D eigenvalue weighted by Gasteiger charge is 2.18. The van der Waals surface area contributed by atoms with E-state index in [9.17, 15) is 23.9 Å². The van der Waals surface area contributed by atoms with Crippen molar-refractivity contribution in [3.8, 4) is 11.3 Å². The standard InChI is InChI=1S/C23H19FN4O4/c1-14(30)16-3-2-4-18(11-16)25-20(31)12-27-9-10-28-22(23(27)32)19(13-29)21(26-28)15-5-7-17(24)8-6-15/h2-11,29H,12-13H2,1H3,(H,25,31). The Kier molecular flexibility index (Phi) is 5.65. The van der Waals surface area contributed by atoms with Crippen molar-refractivity contribution in [2.45, 2.75) is 20.1 Å². The number of hydrogen-bond donors (Lipinski definition) is 2. The van der Waals surface area contributed by atoms with Crippen LogP contribution in [0, 0.1) is 5.82 Å². The summed E-state index contributed by atoms with van der Waals surface area (Å²) in [7, 11) is 0. The molecule has 2 N–H and O–H groups in total. The molecule has 2 heterocycles. The number of ketones is 1. The van der Waals surface area contributed by atoms with Gasteiger partial charge in [0.2, 0.25) is 5.91 Å². The Morgan fingerprint density at radius 3 is 2.56 bits per heavy atom. The summed E-state index contributed by atoms with van der Waals surface area (Å²) in [6, 6.07) is 12.1. The predicted molar refractivity (Wildman–Crippen MR) is 116 cm³/mol. The van der Waals surface area contributed by atoms with Crippen molar-refractivity contribution in [3.63, 3.8) is 0 Å². The van der Waals surface area contributed by atoms with Gasteiger partial charge in [-0.15, -0.1) is 0 Å². The van der Waals surface area contributed by atoms with Gasteiger partial charge in [0.25, 0.3) is 5.56 Å². The fourth-order valence-corrected chi connectivity index (χ4v) is 3.44. The van der Waals surface area contributed by atoms with Crippen molar-refractivity contribution >= 4 is 22.9 Å². The van der Waals surface area contributed by atoms with Gasteiger partial charge in [-0.3, -0.25) is 14.4 Å². The smallest absolute Gasteiger partial charge is 0.277 e. The number of nitrogens with zero attached hydrogens (tertiary/aromatic N) is 3. The third-order valence-corrected chi connectivity index (χ3v) is 5.00. The second-order valence-corrected chi connectivity index (χ2v) is 7.20. The molecule has 162 valence electrons. The zero-order valence-corrected chi connectivity index (χ0v) is 17.1. The van der Waals surface area contributed by atoms with Gasteiger partial charge in [0.05, 0.1) is 12.3 Å². The van der Waals surface area contributed by atoms with Crippen LogP contribution >= 0.6 is 0 Å². The first-order chi connectivity index (χ1) is 15.4. The number of nitrogens with one attached hydrogen (secondary N) is 1. The molecule has 0 aliphatic rings. The van der Waals surface area contributed by atoms with Gasteiger partial charge in [0, 0.05) is 34.8 Å². The van der Waals surface area contributed by atoms with Gasteiger partial charge in [0.1, 0.15) is 17.9 Å². The number of carbonyl (C=O) groups excluding carboxylic acids is 2. The molecule has 0 unspecified atom stereocenters. The van der Waals surface area contributed by atoms with Gasteiger partial charge in [-0.2, -0.15) is 5.10 Å². The molecule has 9 heteroatoms. The fourth-order valence-electron chi connectivity index (χ4n) is 3.44. The number of hydrogen-bond acceptors (Lipinski definition) is 5. The van der Waals surface area contributed by atoms with E-state index in [1.165, 1.54) is 52.7 Å². The third kappa shape index (κ3) is 4.06. The number of aromatic nitrogens is 3. The maximum Gasteiger partial charge on any atom is 0.277 e. The Morgan fingerprint density at radius 1 is 1.12 bits per heavy atom. The van der Waals surface area contributed by atoms with Crippen molar-refractivity contribution in [1.29, 1.82) is 0 Å². The van der Waals surface area contributed by atoms with Crippen molar-refractivity contribution in [1.82, 2.24) is 14.2 Å². The van der Waals surface area contributed by atoms with Crippen LogP contribution in [0.4, 0.5) is 10.1 Å². The van der Waals surface area contributed by atoms with Crippen LogP contribution in [0.2, 0.25) is 0 Å². The van der Waals surface area contributed by atoms with Crippen LogP contribution in [0.15, 0.2) is 65.7 Å². The van der Waals surface area contributed by atoms with E-state index < -0.39 is 23.9 Å². The monoisotopic (exact) mass is 434 g/mol. The third-order valence-electron chi connectivity index (χ3n) is 5.00. The number of carbonyl (C=O) groups is 2. The Balaban J connectivity index is 1.65. The number of rotatable bonds is 6. The minimum absolute atomic E-state index is 0.126. The maximum absolute atomic E-state index is 13.3. The Hall–Kier alpha value is -4.11. The number of benzene rings is 2. The Bertz CT molecular complexity index is 1390. The van der Waals surface area contributed by atoms with Crippen molar-refractivity contribution in [2.24, 2.45) is 0 Å². The van der Waals surface area contributed by atoms with Gasteiger partial charge in [0.15, 0.2) is 5.78 Å². The van der Waals surface area contributed by atoms with Crippen LogP contribution in [0.3, 0.4) is 0 Å². The van der Waals surface area contributed by atoms with Crippen molar-refractivity contribution in [2.75, 3.05) is 5.32 Å². The fraction of sp³-hybridized carbons (Fsp3) is 0.130. The SMILES string of the molecule is CC(=O)c1cccc(NC(=O)Cn2ccn3nc(-c4ccc(F)cc4)c(CO)c3c2=O)c1. The Labute approximate surface area is 181 Å². The second kappa shape index (κ2) is 8.56. The van der Waals surface area contributed by atoms with Crippen LogP contribution in [-0.2, 0) is 17.9 Å². The zero-order chi connectivity index (χ0) is 22.8. The van der Waals surface area contributed by atoms with Crippen LogP contribution in [0.1, 0.15) is 22.8 Å². The lowest BCUT2D eigenvalue weighted by molar-refractivity contribution is -0.116. The number of aliphatic hydroxyl groups is 1. The summed E-state index contributed by atoms with van der Waals surface area (Å²) in [5, 5.41) is 16.9. The van der Waals surface area contributed by atoms with E-state index in [0.717, 1.165) is 0 Å². The molecule has 0 saturated carbocycles. The number of halogens is 1. The largest absolute Gasteiger partial charge is 0.392 e. The Morgan fingerprint density at radius 2 is 1.88 bits per heavy atom. The average Bonchev–Trinajstić information content (AvgIpc) is 3.15. The first kappa shape index (κ1) is 21.1. The first-order valence-corrected chi connectivity index (χ1v) is 9.75. The molecule has 4 aromatic rings. The molecule has 8 nitrogen and oxygen atoms in total. The minimum atomic E-state index is -0.509. The van der Waals surface area contributed by atoms with Crippen molar-refractivity contribution < 1.29 is 19.1 Å². The summed E-state index contributed by atoms with van der Waals surface area (Å²) in [6.45, 7) is 0.696. The molecular formula is C23H19FN4O4. The van der Waals surface area contributed by atoms with Gasteiger partial charge >= 0.3 is 0 Å². The van der Waals surface area contributed by atoms with Crippen molar-refractivity contribution in [3.05, 3.63) is 88.2 Å². The van der Waals surface area contributed by atoms with Crippen LogP contribution in [0.5, 0.6) is 0 Å². The normalized spacial score (nSPS) is 11.0. The van der Waals surface area contributed by atoms with Crippen LogP contribution in [0.25, 0.3) is 16.8 Å². The highest BCUT2D eigenvalue weighted by Crippen LogP contribution is 2.25. The summed E-state index contributed by atoms with van der Waals surface area (Å²) in [5.41, 5.74) is 1.70. The van der Waals surface area contributed by atoms with E-state index in [4.69, 9.17) is 0 Å². The predicted octanol–water partition coefficient (Wildman–Crippen LogP) is 2.64. The van der Waals surface area contributed by atoms with E-state index in [1.54, 1.807) is 24.3 Å². The van der Waals surface area contributed by atoms with Crippen LogP contribution in [-0.4, -0.2) is 31.0 Å². The zero-order valence-electron chi connectivity index (χ0n) is 17.1. The molecule has 0 atom stereocenters. The average molecular weight is 434 g/mol. The molecule has 1 amide bonds. The maximum atomic E-state index is 13.3. The van der Waals surface area contributed by atoms with E-state index >= 15 is 0 Å². The molecule has 2 aromatic carbocycles. The molecule has 0 saturated heterocycles. The van der Waals surface area contributed by atoms with Gasteiger partial charge < -0.3 is 15.0 Å². The second-order valence-electron chi connectivity index (χ2n) is 7.20. The lowest BCUT2D eigenvalue weighted by Crippen LogP contribution is -2.28. The summed E-state index contributed by atoms with van der Waals surface area (Å²) >= 11 is 0. The lowest BCUT2D eigenvalue weighted by Gasteiger charge is -2.09. The van der Waals surface area contributed by atoms with E-state index in [-0.39, 0.29) is 23.4 Å². The van der Waals surface area contributed by atoms with Gasteiger partial charge in [-0.05, 0) is 43.3 Å². The number of Topliss-reactive ketones (excluding diaryl/α,β-unsaturated/α-hetero) is 1. The minimum Gasteiger partial charge on any atom is -0.392 e. The number of anilines is 1. The van der Waals surface area contributed by atoms with Crippen LogP contribution < -0.4 is 10.9 Å². The molecule has 0 bridgehead atoms. The molecule has 32 heavy (non-hydrogen) atoms. The molecule has 0 radical (unpaired) electrons.